The van der Waals surface area contributed by atoms with Crippen LogP contribution in [0.25, 0.3) is 0 Å². The first-order chi connectivity index (χ1) is 13.6. The summed E-state index contributed by atoms with van der Waals surface area (Å²) in [5, 5.41) is 0.244. The van der Waals surface area contributed by atoms with Gasteiger partial charge in [0, 0.05) is 5.56 Å². The highest BCUT2D eigenvalue weighted by Gasteiger charge is 2.44. The van der Waals surface area contributed by atoms with E-state index >= 15 is 0 Å². The monoisotopic (exact) mass is 444 g/mol. The zero-order chi connectivity index (χ0) is 23.2. The van der Waals surface area contributed by atoms with Crippen LogP contribution in [0.3, 0.4) is 0 Å². The smallest absolute Gasteiger partial charge is 0.193 e. The predicted octanol–water partition coefficient (Wildman–Crippen LogP) is 7.79. The molecule has 0 bridgehead atoms. The van der Waals surface area contributed by atoms with Gasteiger partial charge in [-0.15, -0.1) is 6.58 Å². The van der Waals surface area contributed by atoms with Gasteiger partial charge in [-0.2, -0.15) is 0 Å². The minimum Gasteiger partial charge on any atom is -0.410 e. The molecule has 0 unspecified atom stereocenters. The van der Waals surface area contributed by atoms with Crippen LogP contribution in [-0.4, -0.2) is 28.8 Å². The molecule has 2 nitrogen and oxygen atoms in total. The third-order valence-corrected chi connectivity index (χ3v) is 15.6. The van der Waals surface area contributed by atoms with Crippen LogP contribution in [0, 0.1) is 11.8 Å². The molecule has 0 radical (unpaired) electrons. The molecule has 1 rings (SSSR count). The van der Waals surface area contributed by atoms with E-state index < -0.39 is 16.6 Å². The molecule has 2 atom stereocenters. The summed E-state index contributed by atoms with van der Waals surface area (Å²) in [6.45, 7) is 26.8. The van der Waals surface area contributed by atoms with Crippen LogP contribution in [0.15, 0.2) is 43.0 Å². The Labute approximate surface area is 188 Å². The molecule has 0 fully saturated rings. The van der Waals surface area contributed by atoms with E-state index in [1.807, 2.05) is 36.4 Å². The van der Waals surface area contributed by atoms with Crippen LogP contribution in [0.5, 0.6) is 0 Å². The highest BCUT2D eigenvalue weighted by Crippen LogP contribution is 2.41. The number of hydrogen-bond donors (Lipinski definition) is 0. The lowest BCUT2D eigenvalue weighted by Crippen LogP contribution is -2.51. The molecule has 0 aliphatic rings. The molecule has 1 aromatic carbocycles. The maximum atomic E-state index is 6.90. The molecule has 168 valence electrons. The fourth-order valence-electron chi connectivity index (χ4n) is 2.48. The zero-order valence-corrected chi connectivity index (χ0v) is 23.1. The maximum absolute atomic E-state index is 6.90. The van der Waals surface area contributed by atoms with Crippen molar-refractivity contribution in [2.24, 2.45) is 0 Å². The lowest BCUT2D eigenvalue weighted by Gasteiger charge is -2.44. The normalized spacial score (nSPS) is 15.1. The Balaban J connectivity index is 3.37. The molecule has 30 heavy (non-hydrogen) atoms. The van der Waals surface area contributed by atoms with Gasteiger partial charge in [0.1, 0.15) is 6.10 Å². The van der Waals surface area contributed by atoms with Gasteiger partial charge in [-0.3, -0.25) is 0 Å². The summed E-state index contributed by atoms with van der Waals surface area (Å²) in [6.07, 6.45) is 3.42. The molecular formula is C26H44O2Si2. The molecule has 0 aliphatic carbocycles. The highest BCUT2D eigenvalue weighted by molar-refractivity contribution is 6.74. The Morgan fingerprint density at radius 2 is 1.40 bits per heavy atom. The van der Waals surface area contributed by atoms with E-state index in [0.717, 1.165) is 18.4 Å². The summed E-state index contributed by atoms with van der Waals surface area (Å²) in [5.74, 6) is 6.83. The molecule has 4 heteroatoms. The van der Waals surface area contributed by atoms with Crippen molar-refractivity contribution in [2.75, 3.05) is 0 Å². The van der Waals surface area contributed by atoms with Crippen molar-refractivity contribution in [3.05, 3.63) is 48.6 Å². The summed E-state index contributed by atoms with van der Waals surface area (Å²) in [5.41, 5.74) is 1.01. The maximum Gasteiger partial charge on any atom is 0.193 e. The van der Waals surface area contributed by atoms with Crippen molar-refractivity contribution in [3.63, 3.8) is 0 Å². The van der Waals surface area contributed by atoms with Gasteiger partial charge in [-0.25, -0.2) is 0 Å². The van der Waals surface area contributed by atoms with E-state index in [1.165, 1.54) is 0 Å². The second-order valence-corrected chi connectivity index (χ2v) is 20.7. The van der Waals surface area contributed by atoms with Crippen LogP contribution in [0.4, 0.5) is 0 Å². The number of rotatable bonds is 8. The van der Waals surface area contributed by atoms with Gasteiger partial charge < -0.3 is 8.85 Å². The van der Waals surface area contributed by atoms with Crippen LogP contribution < -0.4 is 0 Å². The van der Waals surface area contributed by atoms with E-state index in [-0.39, 0.29) is 22.3 Å². The second kappa shape index (κ2) is 10.5. The minimum absolute atomic E-state index is 0.0609. The van der Waals surface area contributed by atoms with E-state index in [4.69, 9.17) is 8.85 Å². The first kappa shape index (κ1) is 26.9. The first-order valence-electron chi connectivity index (χ1n) is 11.1. The molecule has 0 aliphatic heterocycles. The summed E-state index contributed by atoms with van der Waals surface area (Å²) in [4.78, 5) is 0. The van der Waals surface area contributed by atoms with Crippen molar-refractivity contribution < 1.29 is 8.85 Å². The zero-order valence-electron chi connectivity index (χ0n) is 21.1. The molecule has 0 saturated heterocycles. The van der Waals surface area contributed by atoms with Crippen molar-refractivity contribution >= 4 is 16.6 Å². The van der Waals surface area contributed by atoms with E-state index in [0.29, 0.717) is 0 Å². The average molecular weight is 445 g/mol. The van der Waals surface area contributed by atoms with E-state index in [2.05, 4.69) is 86.2 Å². The van der Waals surface area contributed by atoms with Gasteiger partial charge in [-0.05, 0) is 61.2 Å². The Morgan fingerprint density at radius 3 is 1.87 bits per heavy atom. The van der Waals surface area contributed by atoms with Crippen LogP contribution in [-0.2, 0) is 8.85 Å². The molecule has 0 spiro atoms. The Kier molecular flexibility index (Phi) is 9.38. The molecule has 0 saturated carbocycles. The van der Waals surface area contributed by atoms with Crippen molar-refractivity contribution in [2.45, 2.75) is 103 Å². The minimum atomic E-state index is -2.02. The molecule has 0 heterocycles. The van der Waals surface area contributed by atoms with Gasteiger partial charge in [-0.1, -0.05) is 77.7 Å². The second-order valence-electron chi connectivity index (χ2n) is 11.2. The van der Waals surface area contributed by atoms with Crippen molar-refractivity contribution in [3.8, 4) is 11.8 Å². The highest BCUT2D eigenvalue weighted by atomic mass is 28.4. The van der Waals surface area contributed by atoms with Crippen molar-refractivity contribution in [1.29, 1.82) is 0 Å². The molecule has 0 N–H and O–H groups in total. The van der Waals surface area contributed by atoms with Crippen LogP contribution >= 0.6 is 0 Å². The van der Waals surface area contributed by atoms with E-state index in [9.17, 15) is 0 Å². The fourth-order valence-corrected chi connectivity index (χ4v) is 5.03. The van der Waals surface area contributed by atoms with Gasteiger partial charge >= 0.3 is 0 Å². The van der Waals surface area contributed by atoms with Gasteiger partial charge in [0.15, 0.2) is 16.6 Å². The van der Waals surface area contributed by atoms with Crippen LogP contribution in [0.1, 0.15) is 59.9 Å². The third kappa shape index (κ3) is 7.85. The Hall–Kier alpha value is -1.13. The van der Waals surface area contributed by atoms with Crippen molar-refractivity contribution in [1.82, 2.24) is 0 Å². The number of allylic oxidation sites excluding steroid dienone is 1. The number of benzene rings is 1. The largest absolute Gasteiger partial charge is 0.410 e. The Morgan fingerprint density at radius 1 is 0.900 bits per heavy atom. The number of hydrogen-bond acceptors (Lipinski definition) is 2. The quantitative estimate of drug-likeness (QED) is 0.231. The van der Waals surface area contributed by atoms with Crippen LogP contribution in [0.2, 0.25) is 36.3 Å². The van der Waals surface area contributed by atoms with E-state index in [1.54, 1.807) is 0 Å². The predicted molar refractivity (Wildman–Crippen MR) is 137 cm³/mol. The SMILES string of the molecule is C=CCC[C@H](O[Si](C)(C)C(C)(C)C)[C@H](C#Cc1ccccc1)O[Si](C)(C)C(C)(C)C. The molecule has 0 aromatic heterocycles. The van der Waals surface area contributed by atoms with Gasteiger partial charge in [0.2, 0.25) is 0 Å². The standard InChI is InChI=1S/C26H44O2Si2/c1-12-13-19-23(27-29(8,9)25(2,3)4)24(28-30(10,11)26(5,6)7)21-20-22-17-15-14-16-18-22/h12,14-18,23-24H,1,13,19H2,2-11H3/t23-,24-/m0/s1. The lowest BCUT2D eigenvalue weighted by atomic mass is 10.1. The Bertz CT molecular complexity index is 728. The fraction of sp³-hybridized carbons (Fsp3) is 0.615. The summed E-state index contributed by atoms with van der Waals surface area (Å²) < 4.78 is 13.8. The average Bonchev–Trinajstić information content (AvgIpc) is 2.61. The van der Waals surface area contributed by atoms with Gasteiger partial charge in [0.25, 0.3) is 0 Å². The van der Waals surface area contributed by atoms with Gasteiger partial charge in [0.05, 0.1) is 6.10 Å². The summed E-state index contributed by atoms with van der Waals surface area (Å²) in [7, 11) is -4.00. The topological polar surface area (TPSA) is 18.5 Å². The third-order valence-electron chi connectivity index (χ3n) is 6.61. The molecular weight excluding hydrogens is 400 g/mol. The summed E-state index contributed by atoms with van der Waals surface area (Å²) in [6, 6.07) is 10.2. The molecule has 0 amide bonds. The summed E-state index contributed by atoms with van der Waals surface area (Å²) >= 11 is 0. The molecule has 1 aromatic rings. The lowest BCUT2D eigenvalue weighted by molar-refractivity contribution is 0.0636. The first-order valence-corrected chi connectivity index (χ1v) is 17.0.